The van der Waals surface area contributed by atoms with E-state index < -0.39 is 0 Å². The van der Waals surface area contributed by atoms with Gasteiger partial charge in [0, 0.05) is 23.7 Å². The van der Waals surface area contributed by atoms with Crippen molar-refractivity contribution in [2.75, 3.05) is 21.3 Å². The molecular weight excluding hydrogens is 438 g/mol. The first-order valence-corrected chi connectivity index (χ1v) is 11.6. The first-order chi connectivity index (χ1) is 15.6. The fraction of sp³-hybridized carbons (Fsp3) is 0.560. The Kier molecular flexibility index (Phi) is 7.80. The molecule has 0 unspecified atom stereocenters. The van der Waals surface area contributed by atoms with E-state index in [4.69, 9.17) is 30.8 Å². The van der Waals surface area contributed by atoms with Crippen LogP contribution in [-0.2, 0) is 13.1 Å². The Balaban J connectivity index is 1.84. The van der Waals surface area contributed by atoms with E-state index >= 15 is 0 Å². The zero-order chi connectivity index (χ0) is 24.2. The van der Waals surface area contributed by atoms with E-state index in [2.05, 4.69) is 43.2 Å². The van der Waals surface area contributed by atoms with Crippen LogP contribution in [0.25, 0.3) is 0 Å². The highest BCUT2D eigenvalue weighted by Gasteiger charge is 2.38. The Morgan fingerprint density at radius 2 is 1.67 bits per heavy atom. The van der Waals surface area contributed by atoms with Gasteiger partial charge in [-0.25, -0.2) is 0 Å². The van der Waals surface area contributed by atoms with Crippen molar-refractivity contribution in [1.29, 1.82) is 0 Å². The minimum absolute atomic E-state index is 0.0254. The van der Waals surface area contributed by atoms with Crippen LogP contribution >= 0.6 is 12.2 Å². The first kappa shape index (κ1) is 25.2. The van der Waals surface area contributed by atoms with Crippen molar-refractivity contribution in [3.8, 4) is 17.2 Å². The molecule has 182 valence electrons. The second-order valence-corrected chi connectivity index (χ2v) is 10.3. The molecule has 0 spiro atoms. The number of nitrogens with zero attached hydrogens (tertiary/aromatic N) is 1. The van der Waals surface area contributed by atoms with Crippen molar-refractivity contribution in [3.63, 3.8) is 0 Å². The maximum Gasteiger partial charge on any atom is 0.203 e. The van der Waals surface area contributed by atoms with E-state index in [1.54, 1.807) is 27.6 Å². The van der Waals surface area contributed by atoms with Gasteiger partial charge in [0.1, 0.15) is 5.76 Å². The standard InChI is InChI=1S/C25H37N3O4S/c1-24(2)13-18(14-25(3,4)27-24)26-23(33)28(16-19-9-8-10-32-19)15-17-11-20(29-5)22(31-7)21(12-17)30-6/h8-12,18,27H,13-16H2,1-7H3,(H,26,33). The fourth-order valence-electron chi connectivity index (χ4n) is 4.93. The van der Waals surface area contributed by atoms with E-state index in [1.807, 2.05) is 24.3 Å². The Morgan fingerprint density at radius 3 is 2.15 bits per heavy atom. The van der Waals surface area contributed by atoms with E-state index in [9.17, 15) is 0 Å². The highest BCUT2D eigenvalue weighted by atomic mass is 32.1. The molecule has 0 amide bonds. The molecule has 2 heterocycles. The summed E-state index contributed by atoms with van der Waals surface area (Å²) in [6, 6.07) is 8.02. The third-order valence-electron chi connectivity index (χ3n) is 5.83. The van der Waals surface area contributed by atoms with Crippen LogP contribution in [0, 0.1) is 0 Å². The highest BCUT2D eigenvalue weighted by Crippen LogP contribution is 2.38. The number of hydrogen-bond donors (Lipinski definition) is 2. The maximum absolute atomic E-state index is 5.92. The van der Waals surface area contributed by atoms with Gasteiger partial charge >= 0.3 is 0 Å². The molecule has 7 nitrogen and oxygen atoms in total. The number of rotatable bonds is 8. The molecule has 0 saturated carbocycles. The van der Waals surface area contributed by atoms with Crippen LogP contribution in [0.5, 0.6) is 17.2 Å². The van der Waals surface area contributed by atoms with Gasteiger partial charge in [0.15, 0.2) is 16.6 Å². The van der Waals surface area contributed by atoms with Gasteiger partial charge in [-0.1, -0.05) is 0 Å². The van der Waals surface area contributed by atoms with Crippen molar-refractivity contribution in [1.82, 2.24) is 15.5 Å². The second-order valence-electron chi connectivity index (χ2n) is 9.92. The molecule has 0 aliphatic carbocycles. The van der Waals surface area contributed by atoms with Crippen LogP contribution in [0.2, 0.25) is 0 Å². The molecule has 2 N–H and O–H groups in total. The molecule has 1 saturated heterocycles. The van der Waals surface area contributed by atoms with E-state index in [0.717, 1.165) is 24.2 Å². The Bertz CT molecular complexity index is 902. The van der Waals surface area contributed by atoms with Gasteiger partial charge in [-0.3, -0.25) is 0 Å². The lowest BCUT2D eigenvalue weighted by atomic mass is 9.80. The smallest absolute Gasteiger partial charge is 0.203 e. The van der Waals surface area contributed by atoms with Gasteiger partial charge < -0.3 is 34.2 Å². The fourth-order valence-corrected chi connectivity index (χ4v) is 5.22. The number of piperidine rings is 1. The van der Waals surface area contributed by atoms with Crippen LogP contribution in [0.3, 0.4) is 0 Å². The van der Waals surface area contributed by atoms with E-state index in [-0.39, 0.29) is 17.1 Å². The second kappa shape index (κ2) is 10.2. The summed E-state index contributed by atoms with van der Waals surface area (Å²) in [7, 11) is 4.84. The number of furan rings is 1. The van der Waals surface area contributed by atoms with Crippen molar-refractivity contribution in [2.24, 2.45) is 0 Å². The molecule has 1 aromatic heterocycles. The van der Waals surface area contributed by atoms with Gasteiger partial charge in [0.05, 0.1) is 34.1 Å². The summed E-state index contributed by atoms with van der Waals surface area (Å²) in [6.45, 7) is 10.1. The Hall–Kier alpha value is -2.45. The largest absolute Gasteiger partial charge is 0.493 e. The van der Waals surface area contributed by atoms with Crippen molar-refractivity contribution in [3.05, 3.63) is 41.9 Å². The predicted molar refractivity (Wildman–Crippen MR) is 134 cm³/mol. The summed E-state index contributed by atoms with van der Waals surface area (Å²) in [5, 5.41) is 8.05. The number of thiocarbonyl (C=S) groups is 1. The lowest BCUT2D eigenvalue weighted by Crippen LogP contribution is -2.62. The van der Waals surface area contributed by atoms with Crippen LogP contribution < -0.4 is 24.8 Å². The summed E-state index contributed by atoms with van der Waals surface area (Å²) in [5.74, 6) is 2.65. The normalized spacial score (nSPS) is 17.3. The number of benzene rings is 1. The molecule has 8 heteroatoms. The molecule has 1 aliphatic rings. The average molecular weight is 476 g/mol. The van der Waals surface area contributed by atoms with Gasteiger partial charge in [0.2, 0.25) is 5.75 Å². The molecule has 2 aromatic rings. The van der Waals surface area contributed by atoms with E-state index in [1.165, 1.54) is 0 Å². The van der Waals surface area contributed by atoms with Crippen LogP contribution in [0.4, 0.5) is 0 Å². The average Bonchev–Trinajstić information content (AvgIpc) is 3.23. The molecule has 0 atom stereocenters. The molecule has 1 aromatic carbocycles. The SMILES string of the molecule is COc1cc(CN(Cc2ccco2)C(=S)NC2CC(C)(C)NC(C)(C)C2)cc(OC)c1OC. The molecular formula is C25H37N3O4S. The van der Waals surface area contributed by atoms with Crippen LogP contribution in [0.1, 0.15) is 51.9 Å². The summed E-state index contributed by atoms with van der Waals surface area (Å²) in [5.41, 5.74) is 1.04. The monoisotopic (exact) mass is 475 g/mol. The molecule has 1 aliphatic heterocycles. The summed E-state index contributed by atoms with van der Waals surface area (Å²) >= 11 is 5.92. The molecule has 1 fully saturated rings. The topological polar surface area (TPSA) is 68.1 Å². The molecule has 0 radical (unpaired) electrons. The Morgan fingerprint density at radius 1 is 1.06 bits per heavy atom. The highest BCUT2D eigenvalue weighted by molar-refractivity contribution is 7.80. The third-order valence-corrected chi connectivity index (χ3v) is 6.21. The third kappa shape index (κ3) is 6.54. The quantitative estimate of drug-likeness (QED) is 0.542. The van der Waals surface area contributed by atoms with Crippen LogP contribution in [-0.4, -0.2) is 48.5 Å². The van der Waals surface area contributed by atoms with Crippen LogP contribution in [0.15, 0.2) is 34.9 Å². The van der Waals surface area contributed by atoms with Gasteiger partial charge in [0.25, 0.3) is 0 Å². The predicted octanol–water partition coefficient (Wildman–Crippen LogP) is 4.49. The number of methoxy groups -OCH3 is 3. The van der Waals surface area contributed by atoms with E-state index in [0.29, 0.717) is 35.5 Å². The van der Waals surface area contributed by atoms with Crippen molar-refractivity contribution in [2.45, 2.75) is 70.7 Å². The maximum atomic E-state index is 5.92. The Labute approximate surface area is 202 Å². The minimum atomic E-state index is 0.0254. The van der Waals surface area contributed by atoms with Crippen molar-refractivity contribution >= 4 is 17.3 Å². The number of nitrogens with one attached hydrogen (secondary N) is 2. The first-order valence-electron chi connectivity index (χ1n) is 11.2. The zero-order valence-corrected chi connectivity index (χ0v) is 21.6. The van der Waals surface area contributed by atoms with Gasteiger partial charge in [-0.05, 0) is 82.6 Å². The lowest BCUT2D eigenvalue weighted by molar-refractivity contribution is 0.153. The molecule has 3 rings (SSSR count). The van der Waals surface area contributed by atoms with Crippen molar-refractivity contribution < 1.29 is 18.6 Å². The van der Waals surface area contributed by atoms with Gasteiger partial charge in [-0.2, -0.15) is 0 Å². The summed E-state index contributed by atoms with van der Waals surface area (Å²) in [6.07, 6.45) is 3.64. The number of hydrogen-bond acceptors (Lipinski definition) is 6. The lowest BCUT2D eigenvalue weighted by Gasteiger charge is -2.47. The summed E-state index contributed by atoms with van der Waals surface area (Å²) in [4.78, 5) is 2.11. The molecule has 0 bridgehead atoms. The van der Waals surface area contributed by atoms with Gasteiger partial charge in [-0.15, -0.1) is 0 Å². The minimum Gasteiger partial charge on any atom is -0.493 e. The summed E-state index contributed by atoms with van der Waals surface area (Å²) < 4.78 is 22.2. The number of ether oxygens (including phenoxy) is 3. The molecule has 33 heavy (non-hydrogen) atoms. The zero-order valence-electron chi connectivity index (χ0n) is 20.8.